The Hall–Kier alpha value is -2.46. The van der Waals surface area contributed by atoms with Crippen molar-refractivity contribution in [1.82, 2.24) is 9.80 Å². The average Bonchev–Trinajstić information content (AvgIpc) is 3.41. The molecule has 1 saturated heterocycles. The fourth-order valence-corrected chi connectivity index (χ4v) is 4.60. The van der Waals surface area contributed by atoms with Crippen LogP contribution in [0.2, 0.25) is 5.02 Å². The molecule has 5 heteroatoms. The number of phenolic OH excluding ortho intramolecular Hbond substituents is 1. The Balaban J connectivity index is 1.57. The average molecular weight is 425 g/mol. The number of halogens is 1. The van der Waals surface area contributed by atoms with Crippen LogP contribution in [-0.4, -0.2) is 41.0 Å². The van der Waals surface area contributed by atoms with E-state index in [9.17, 15) is 9.90 Å². The summed E-state index contributed by atoms with van der Waals surface area (Å²) >= 11 is 6.16. The second-order valence-corrected chi connectivity index (χ2v) is 9.08. The first-order valence-electron chi connectivity index (χ1n) is 10.7. The Bertz CT molecular complexity index is 983. The fourth-order valence-electron chi connectivity index (χ4n) is 4.44. The van der Waals surface area contributed by atoms with Gasteiger partial charge in [-0.3, -0.25) is 4.79 Å². The van der Waals surface area contributed by atoms with Gasteiger partial charge < -0.3 is 14.9 Å². The minimum absolute atomic E-state index is 0.0882. The number of likely N-dealkylation sites (tertiary alicyclic amines) is 1. The van der Waals surface area contributed by atoms with Gasteiger partial charge in [0.2, 0.25) is 0 Å². The third kappa shape index (κ3) is 4.20. The lowest BCUT2D eigenvalue weighted by Gasteiger charge is -2.30. The summed E-state index contributed by atoms with van der Waals surface area (Å²) in [6.07, 6.45) is 4.54. The number of phenols is 1. The van der Waals surface area contributed by atoms with E-state index < -0.39 is 0 Å². The highest BCUT2D eigenvalue weighted by molar-refractivity contribution is 6.32. The summed E-state index contributed by atoms with van der Waals surface area (Å²) < 4.78 is 0. The van der Waals surface area contributed by atoms with Gasteiger partial charge in [0.15, 0.2) is 0 Å². The summed E-state index contributed by atoms with van der Waals surface area (Å²) in [6, 6.07) is 11.7. The van der Waals surface area contributed by atoms with Crippen molar-refractivity contribution in [2.75, 3.05) is 20.1 Å². The van der Waals surface area contributed by atoms with Gasteiger partial charge >= 0.3 is 0 Å². The van der Waals surface area contributed by atoms with Gasteiger partial charge in [-0.15, -0.1) is 0 Å². The first-order chi connectivity index (χ1) is 14.3. The molecule has 30 heavy (non-hydrogen) atoms. The highest BCUT2D eigenvalue weighted by atomic mass is 35.5. The topological polar surface area (TPSA) is 43.8 Å². The molecule has 2 fully saturated rings. The molecule has 1 heterocycles. The summed E-state index contributed by atoms with van der Waals surface area (Å²) in [5.41, 5.74) is 4.68. The maximum atomic E-state index is 12.9. The van der Waals surface area contributed by atoms with Crippen molar-refractivity contribution in [3.63, 3.8) is 0 Å². The normalized spacial score (nSPS) is 18.5. The van der Waals surface area contributed by atoms with Crippen LogP contribution in [0.3, 0.4) is 0 Å². The van der Waals surface area contributed by atoms with Gasteiger partial charge in [-0.1, -0.05) is 30.3 Å². The second kappa shape index (κ2) is 8.35. The molecule has 0 aromatic heterocycles. The van der Waals surface area contributed by atoms with E-state index in [1.807, 2.05) is 37.1 Å². The molecule has 1 aliphatic carbocycles. The molecule has 0 spiro atoms. The minimum Gasteiger partial charge on any atom is -0.506 e. The van der Waals surface area contributed by atoms with Crippen molar-refractivity contribution >= 4 is 23.2 Å². The lowest BCUT2D eigenvalue weighted by atomic mass is 9.99. The monoisotopic (exact) mass is 424 g/mol. The predicted molar refractivity (Wildman–Crippen MR) is 122 cm³/mol. The van der Waals surface area contributed by atoms with E-state index in [0.29, 0.717) is 10.9 Å². The van der Waals surface area contributed by atoms with Gasteiger partial charge in [-0.25, -0.2) is 0 Å². The number of carbonyl (C=O) groups is 1. The van der Waals surface area contributed by atoms with E-state index in [0.717, 1.165) is 53.9 Å². The van der Waals surface area contributed by atoms with Crippen LogP contribution in [0.5, 0.6) is 5.75 Å². The zero-order chi connectivity index (χ0) is 21.4. The van der Waals surface area contributed by atoms with Crippen molar-refractivity contribution in [1.29, 1.82) is 0 Å². The summed E-state index contributed by atoms with van der Waals surface area (Å²) in [4.78, 5) is 17.0. The molecule has 2 aromatic carbocycles. The van der Waals surface area contributed by atoms with Crippen LogP contribution in [0.4, 0.5) is 0 Å². The number of carbonyl (C=O) groups excluding carboxylic acids is 1. The number of rotatable bonds is 6. The molecule has 4 rings (SSSR count). The maximum absolute atomic E-state index is 12.9. The largest absolute Gasteiger partial charge is 0.506 e. The lowest BCUT2D eigenvalue weighted by Crippen LogP contribution is -2.29. The molecule has 1 atom stereocenters. The summed E-state index contributed by atoms with van der Waals surface area (Å²) in [7, 11) is 1.90. The van der Waals surface area contributed by atoms with E-state index in [2.05, 4.69) is 17.5 Å². The van der Waals surface area contributed by atoms with Crippen molar-refractivity contribution < 1.29 is 9.90 Å². The molecule has 2 aliphatic rings. The second-order valence-electron chi connectivity index (χ2n) is 8.67. The lowest BCUT2D eigenvalue weighted by molar-refractivity contribution is 0.0788. The molecule has 158 valence electrons. The Morgan fingerprint density at radius 1 is 1.27 bits per heavy atom. The van der Waals surface area contributed by atoms with Gasteiger partial charge in [0, 0.05) is 37.0 Å². The van der Waals surface area contributed by atoms with Crippen molar-refractivity contribution in [3.05, 3.63) is 70.3 Å². The van der Waals surface area contributed by atoms with E-state index in [4.69, 9.17) is 11.6 Å². The Morgan fingerprint density at radius 2 is 2.03 bits per heavy atom. The van der Waals surface area contributed by atoms with Gasteiger partial charge in [-0.2, -0.15) is 0 Å². The van der Waals surface area contributed by atoms with Crippen molar-refractivity contribution in [3.8, 4) is 5.75 Å². The van der Waals surface area contributed by atoms with Crippen LogP contribution in [0.25, 0.3) is 5.70 Å². The van der Waals surface area contributed by atoms with Crippen molar-refractivity contribution in [2.45, 2.75) is 38.6 Å². The summed E-state index contributed by atoms with van der Waals surface area (Å²) in [5, 5.41) is 10.2. The van der Waals surface area contributed by atoms with E-state index in [1.54, 1.807) is 12.1 Å². The number of aromatic hydroxyl groups is 1. The van der Waals surface area contributed by atoms with Crippen LogP contribution in [0.15, 0.2) is 43.0 Å². The van der Waals surface area contributed by atoms with Gasteiger partial charge in [0.05, 0.1) is 11.1 Å². The molecular weight excluding hydrogens is 396 g/mol. The smallest absolute Gasteiger partial charge is 0.253 e. The first kappa shape index (κ1) is 20.8. The standard InChI is InChI=1S/C25H29ClN2O2/c1-16-12-24(29)22(26)14-21(16)17(2)28-11-5-8-23(28)19-6-4-7-20(13-19)25(30)27(3)15-18-9-10-18/h4,6-7,12-14,18,23,29H,2,5,8-11,15H2,1,3H3. The number of nitrogens with zero attached hydrogens (tertiary/aromatic N) is 2. The van der Waals surface area contributed by atoms with Gasteiger partial charge in [0.1, 0.15) is 5.75 Å². The molecule has 0 bridgehead atoms. The van der Waals surface area contributed by atoms with Crippen molar-refractivity contribution in [2.24, 2.45) is 5.92 Å². The number of benzene rings is 2. The predicted octanol–water partition coefficient (Wildman–Crippen LogP) is 5.64. The van der Waals surface area contributed by atoms with E-state index >= 15 is 0 Å². The molecule has 2 aromatic rings. The molecular formula is C25H29ClN2O2. The molecule has 1 N–H and O–H groups in total. The minimum atomic E-state index is 0.0882. The highest BCUT2D eigenvalue weighted by Gasteiger charge is 2.29. The van der Waals surface area contributed by atoms with Crippen LogP contribution in [-0.2, 0) is 0 Å². The number of amides is 1. The van der Waals surface area contributed by atoms with Gasteiger partial charge in [-0.05, 0) is 73.9 Å². The van der Waals surface area contributed by atoms with Crippen LogP contribution in [0, 0.1) is 12.8 Å². The molecule has 1 aliphatic heterocycles. The van der Waals surface area contributed by atoms with Gasteiger partial charge in [0.25, 0.3) is 5.91 Å². The Morgan fingerprint density at radius 3 is 2.77 bits per heavy atom. The SMILES string of the molecule is C=C(c1cc(Cl)c(O)cc1C)N1CCCC1c1cccc(C(=O)N(C)CC2CC2)c1. The quantitative estimate of drug-likeness (QED) is 0.652. The molecule has 1 saturated carbocycles. The Kier molecular flexibility index (Phi) is 5.79. The fraction of sp³-hybridized carbons (Fsp3) is 0.400. The molecule has 4 nitrogen and oxygen atoms in total. The van der Waals surface area contributed by atoms with Crippen LogP contribution >= 0.6 is 11.6 Å². The van der Waals surface area contributed by atoms with E-state index in [1.165, 1.54) is 12.8 Å². The summed E-state index contributed by atoms with van der Waals surface area (Å²) in [6.45, 7) is 8.05. The molecule has 0 radical (unpaired) electrons. The Labute approximate surface area is 183 Å². The van der Waals surface area contributed by atoms with Crippen LogP contribution < -0.4 is 0 Å². The maximum Gasteiger partial charge on any atom is 0.253 e. The number of aryl methyl sites for hydroxylation is 1. The molecule has 1 amide bonds. The summed E-state index contributed by atoms with van der Waals surface area (Å²) in [5.74, 6) is 0.856. The zero-order valence-electron chi connectivity index (χ0n) is 17.7. The van der Waals surface area contributed by atoms with Crippen LogP contribution in [0.1, 0.15) is 58.8 Å². The third-order valence-electron chi connectivity index (χ3n) is 6.30. The third-order valence-corrected chi connectivity index (χ3v) is 6.60. The molecule has 1 unspecified atom stereocenters. The number of hydrogen-bond donors (Lipinski definition) is 1. The number of hydrogen-bond acceptors (Lipinski definition) is 3. The first-order valence-corrected chi connectivity index (χ1v) is 11.0. The highest BCUT2D eigenvalue weighted by Crippen LogP contribution is 2.40. The zero-order valence-corrected chi connectivity index (χ0v) is 18.5. The van der Waals surface area contributed by atoms with E-state index in [-0.39, 0.29) is 17.7 Å².